The summed E-state index contributed by atoms with van der Waals surface area (Å²) in [7, 11) is -3.57. The molecule has 0 radical (unpaired) electrons. The first-order valence-electron chi connectivity index (χ1n) is 8.56. The number of carbonyl (C=O) groups is 1. The van der Waals surface area contributed by atoms with E-state index < -0.39 is 16.1 Å². The van der Waals surface area contributed by atoms with Gasteiger partial charge in [0.15, 0.2) is 0 Å². The fourth-order valence-electron chi connectivity index (χ4n) is 2.61. The third-order valence-electron chi connectivity index (χ3n) is 4.39. The molecule has 1 aliphatic carbocycles. The van der Waals surface area contributed by atoms with Crippen molar-refractivity contribution in [3.8, 4) is 0 Å². The van der Waals surface area contributed by atoms with Gasteiger partial charge in [0.2, 0.25) is 10.0 Å². The van der Waals surface area contributed by atoms with Crippen molar-refractivity contribution in [3.63, 3.8) is 0 Å². The second kappa shape index (κ2) is 8.29. The van der Waals surface area contributed by atoms with Gasteiger partial charge in [0.25, 0.3) is 0 Å². The number of nitrogens with zero attached hydrogens (tertiary/aromatic N) is 1. The first kappa shape index (κ1) is 18.3. The van der Waals surface area contributed by atoms with Crippen LogP contribution in [0.25, 0.3) is 0 Å². The van der Waals surface area contributed by atoms with E-state index in [9.17, 15) is 13.2 Å². The molecule has 26 heavy (non-hydrogen) atoms. The lowest BCUT2D eigenvalue weighted by atomic mass is 9.86. The molecule has 1 saturated carbocycles. The highest BCUT2D eigenvalue weighted by atomic mass is 32.2. The van der Waals surface area contributed by atoms with Gasteiger partial charge in [0.1, 0.15) is 0 Å². The Morgan fingerprint density at radius 2 is 1.92 bits per heavy atom. The van der Waals surface area contributed by atoms with E-state index in [1.165, 1.54) is 18.6 Å². The van der Waals surface area contributed by atoms with Crippen molar-refractivity contribution < 1.29 is 13.2 Å². The second-order valence-electron chi connectivity index (χ2n) is 6.34. The molecule has 0 atom stereocenters. The van der Waals surface area contributed by atoms with E-state index in [1.807, 2.05) is 0 Å². The maximum absolute atomic E-state index is 12.4. The number of amides is 2. The highest BCUT2D eigenvalue weighted by molar-refractivity contribution is 7.89. The highest BCUT2D eigenvalue weighted by Gasteiger charge is 2.21. The molecule has 8 heteroatoms. The van der Waals surface area contributed by atoms with E-state index >= 15 is 0 Å². The minimum atomic E-state index is -3.57. The van der Waals surface area contributed by atoms with Crippen molar-refractivity contribution in [2.75, 3.05) is 11.9 Å². The zero-order valence-corrected chi connectivity index (χ0v) is 15.1. The van der Waals surface area contributed by atoms with Crippen LogP contribution in [0.3, 0.4) is 0 Å². The molecule has 1 aromatic carbocycles. The van der Waals surface area contributed by atoms with Crippen molar-refractivity contribution in [2.45, 2.75) is 30.7 Å². The zero-order valence-electron chi connectivity index (χ0n) is 14.3. The van der Waals surface area contributed by atoms with Gasteiger partial charge >= 0.3 is 6.03 Å². The quantitative estimate of drug-likeness (QED) is 0.693. The fourth-order valence-corrected chi connectivity index (χ4v) is 3.77. The van der Waals surface area contributed by atoms with Gasteiger partial charge in [-0.25, -0.2) is 17.9 Å². The molecule has 3 rings (SSSR count). The minimum absolute atomic E-state index is 0.142. The summed E-state index contributed by atoms with van der Waals surface area (Å²) in [6.45, 7) is 0.821. The number of aromatic nitrogens is 1. The van der Waals surface area contributed by atoms with E-state index in [2.05, 4.69) is 20.3 Å². The molecule has 2 aromatic rings. The molecule has 7 nitrogen and oxygen atoms in total. The molecular formula is C18H22N4O3S. The summed E-state index contributed by atoms with van der Waals surface area (Å²) in [4.78, 5) is 16.1. The molecule has 1 heterocycles. The van der Waals surface area contributed by atoms with Crippen molar-refractivity contribution >= 4 is 21.7 Å². The number of rotatable bonds is 7. The van der Waals surface area contributed by atoms with Gasteiger partial charge in [-0.05, 0) is 54.7 Å². The van der Waals surface area contributed by atoms with Crippen LogP contribution in [-0.2, 0) is 16.6 Å². The maximum Gasteiger partial charge on any atom is 0.319 e. The van der Waals surface area contributed by atoms with E-state index in [0.29, 0.717) is 24.7 Å². The molecule has 1 aliphatic rings. The van der Waals surface area contributed by atoms with Crippen LogP contribution < -0.4 is 15.4 Å². The molecule has 138 valence electrons. The summed E-state index contributed by atoms with van der Waals surface area (Å²) >= 11 is 0. The summed E-state index contributed by atoms with van der Waals surface area (Å²) < 4.78 is 27.4. The summed E-state index contributed by atoms with van der Waals surface area (Å²) in [5, 5.41) is 5.37. The number of carbonyl (C=O) groups excluding carboxylic acids is 1. The largest absolute Gasteiger partial charge is 0.334 e. The Hall–Kier alpha value is -2.45. The minimum Gasteiger partial charge on any atom is -0.334 e. The normalized spacial score (nSPS) is 14.5. The molecule has 0 saturated heterocycles. The summed E-state index contributed by atoms with van der Waals surface area (Å²) in [5.41, 5.74) is 1.34. The van der Waals surface area contributed by atoms with E-state index in [-0.39, 0.29) is 4.90 Å². The summed E-state index contributed by atoms with van der Waals surface area (Å²) in [5.74, 6) is 0.435. The second-order valence-corrected chi connectivity index (χ2v) is 8.11. The van der Waals surface area contributed by atoms with E-state index in [4.69, 9.17) is 0 Å². The lowest BCUT2D eigenvalue weighted by Crippen LogP contribution is -2.32. The topological polar surface area (TPSA) is 100 Å². The number of benzene rings is 1. The van der Waals surface area contributed by atoms with Crippen molar-refractivity contribution in [3.05, 3.63) is 54.4 Å². The van der Waals surface area contributed by atoms with Crippen molar-refractivity contribution in [2.24, 2.45) is 5.92 Å². The summed E-state index contributed by atoms with van der Waals surface area (Å²) in [6, 6.07) is 9.44. The lowest BCUT2D eigenvalue weighted by Gasteiger charge is -2.25. The number of sulfonamides is 1. The van der Waals surface area contributed by atoms with Crippen molar-refractivity contribution in [1.29, 1.82) is 0 Å². The Labute approximate surface area is 153 Å². The highest BCUT2D eigenvalue weighted by Crippen LogP contribution is 2.26. The first-order valence-corrected chi connectivity index (χ1v) is 10.0. The monoisotopic (exact) mass is 374 g/mol. The predicted octanol–water partition coefficient (Wildman–Crippen LogP) is 2.48. The van der Waals surface area contributed by atoms with Gasteiger partial charge < -0.3 is 10.6 Å². The molecule has 0 spiro atoms. The molecular weight excluding hydrogens is 352 g/mol. The molecule has 1 fully saturated rings. The lowest BCUT2D eigenvalue weighted by molar-refractivity contribution is 0.251. The average Bonchev–Trinajstić information content (AvgIpc) is 2.60. The van der Waals surface area contributed by atoms with Crippen LogP contribution in [0.15, 0.2) is 53.7 Å². The number of anilines is 1. The SMILES string of the molecule is O=C(NCc1ccncc1)Nc1cccc(S(=O)(=O)NCC2CCC2)c1. The Morgan fingerprint density at radius 1 is 1.15 bits per heavy atom. The molecule has 2 amide bonds. The van der Waals surface area contributed by atoms with Crippen molar-refractivity contribution in [1.82, 2.24) is 15.0 Å². The average molecular weight is 374 g/mol. The number of hydrogen-bond donors (Lipinski definition) is 3. The van der Waals surface area contributed by atoms with Gasteiger partial charge in [0, 0.05) is 31.2 Å². The maximum atomic E-state index is 12.4. The van der Waals surface area contributed by atoms with Gasteiger partial charge in [-0.2, -0.15) is 0 Å². The molecule has 0 aliphatic heterocycles. The number of hydrogen-bond acceptors (Lipinski definition) is 4. The smallest absolute Gasteiger partial charge is 0.319 e. The Kier molecular flexibility index (Phi) is 5.85. The number of urea groups is 1. The number of pyridine rings is 1. The Bertz CT molecular complexity index is 852. The Balaban J connectivity index is 1.56. The molecule has 0 bridgehead atoms. The zero-order chi connectivity index (χ0) is 18.4. The van der Waals surface area contributed by atoms with Gasteiger partial charge in [-0.15, -0.1) is 0 Å². The van der Waals surface area contributed by atoms with Gasteiger partial charge in [0.05, 0.1) is 4.90 Å². The van der Waals surface area contributed by atoms with Crippen LogP contribution in [-0.4, -0.2) is 26.0 Å². The Morgan fingerprint density at radius 3 is 2.62 bits per heavy atom. The van der Waals surface area contributed by atoms with Crippen LogP contribution in [0, 0.1) is 5.92 Å². The number of nitrogens with one attached hydrogen (secondary N) is 3. The molecule has 3 N–H and O–H groups in total. The van der Waals surface area contributed by atoms with Crippen LogP contribution >= 0.6 is 0 Å². The van der Waals surface area contributed by atoms with Gasteiger partial charge in [-0.3, -0.25) is 4.98 Å². The van der Waals surface area contributed by atoms with Crippen LogP contribution in [0.1, 0.15) is 24.8 Å². The third kappa shape index (κ3) is 5.03. The fraction of sp³-hybridized carbons (Fsp3) is 0.333. The molecule has 1 aromatic heterocycles. The van der Waals surface area contributed by atoms with E-state index in [0.717, 1.165) is 18.4 Å². The first-order chi connectivity index (χ1) is 12.5. The predicted molar refractivity (Wildman–Crippen MR) is 99.1 cm³/mol. The van der Waals surface area contributed by atoms with Gasteiger partial charge in [-0.1, -0.05) is 12.5 Å². The third-order valence-corrected chi connectivity index (χ3v) is 5.81. The van der Waals surface area contributed by atoms with Crippen LogP contribution in [0.4, 0.5) is 10.5 Å². The standard InChI is InChI=1S/C18H22N4O3S/c23-18(20-12-15-7-9-19-10-8-15)22-16-5-2-6-17(11-16)26(24,25)21-13-14-3-1-4-14/h2,5-11,14,21H,1,3-4,12-13H2,(H2,20,22,23). The van der Waals surface area contributed by atoms with Crippen LogP contribution in [0.5, 0.6) is 0 Å². The van der Waals surface area contributed by atoms with Crippen LogP contribution in [0.2, 0.25) is 0 Å². The summed E-state index contributed by atoms with van der Waals surface area (Å²) in [6.07, 6.45) is 6.61. The van der Waals surface area contributed by atoms with E-state index in [1.54, 1.807) is 36.7 Å². The molecule has 0 unspecified atom stereocenters.